The van der Waals surface area contributed by atoms with Crippen molar-refractivity contribution < 1.29 is 4.74 Å². The first-order valence-electron chi connectivity index (χ1n) is 7.59. The van der Waals surface area contributed by atoms with E-state index in [0.29, 0.717) is 17.6 Å². The molecule has 0 aliphatic carbocycles. The van der Waals surface area contributed by atoms with Crippen molar-refractivity contribution >= 4 is 22.8 Å². The van der Waals surface area contributed by atoms with Crippen LogP contribution in [-0.4, -0.2) is 43.2 Å². The molecule has 0 saturated carbocycles. The van der Waals surface area contributed by atoms with E-state index >= 15 is 0 Å². The predicted octanol–water partition coefficient (Wildman–Crippen LogP) is 1.01. The van der Waals surface area contributed by atoms with Gasteiger partial charge in [0.25, 0.3) is 5.56 Å². The highest BCUT2D eigenvalue weighted by molar-refractivity contribution is 5.71. The molecule has 1 saturated heterocycles. The molecule has 0 radical (unpaired) electrons. The monoisotopic (exact) mass is 315 g/mol. The summed E-state index contributed by atoms with van der Waals surface area (Å²) in [5.74, 6) is 1.65. The molecule has 9 nitrogen and oxygen atoms in total. The fourth-order valence-corrected chi connectivity index (χ4v) is 2.75. The van der Waals surface area contributed by atoms with Gasteiger partial charge < -0.3 is 10.1 Å². The molecular weight excluding hydrogens is 298 g/mol. The van der Waals surface area contributed by atoms with Gasteiger partial charge in [0.2, 0.25) is 0 Å². The minimum Gasteiger partial charge on any atom is -0.381 e. The molecule has 3 aromatic heterocycles. The Balaban J connectivity index is 1.59. The summed E-state index contributed by atoms with van der Waals surface area (Å²) in [5.41, 5.74) is 1.29. The first kappa shape index (κ1) is 13.9. The van der Waals surface area contributed by atoms with Crippen LogP contribution < -0.4 is 10.9 Å². The average molecular weight is 315 g/mol. The quantitative estimate of drug-likeness (QED) is 0.662. The Morgan fingerprint density at radius 3 is 2.96 bits per heavy atom. The normalized spacial score (nSPS) is 16.0. The van der Waals surface area contributed by atoms with Gasteiger partial charge in [-0.05, 0) is 18.8 Å². The van der Waals surface area contributed by atoms with Gasteiger partial charge in [-0.1, -0.05) is 0 Å². The molecule has 4 heterocycles. The Labute approximate surface area is 131 Å². The second-order valence-electron chi connectivity index (χ2n) is 5.64. The van der Waals surface area contributed by atoms with Gasteiger partial charge in [0.05, 0.1) is 12.4 Å². The maximum Gasteiger partial charge on any atom is 0.266 e. The van der Waals surface area contributed by atoms with Crippen LogP contribution in [0.1, 0.15) is 12.8 Å². The molecule has 23 heavy (non-hydrogen) atoms. The predicted molar refractivity (Wildman–Crippen MR) is 83.6 cm³/mol. The van der Waals surface area contributed by atoms with Gasteiger partial charge in [-0.2, -0.15) is 5.10 Å². The Hall–Kier alpha value is -2.68. The first-order valence-corrected chi connectivity index (χ1v) is 7.59. The maximum absolute atomic E-state index is 11.1. The number of H-pyrrole nitrogens is 2. The number of nitrogens with zero attached hydrogens (tertiary/aromatic N) is 4. The molecule has 0 bridgehead atoms. The van der Waals surface area contributed by atoms with E-state index in [2.05, 4.69) is 30.6 Å². The van der Waals surface area contributed by atoms with Gasteiger partial charge in [0.1, 0.15) is 11.3 Å². The van der Waals surface area contributed by atoms with Gasteiger partial charge in [0.15, 0.2) is 11.5 Å². The van der Waals surface area contributed by atoms with Crippen LogP contribution in [0.15, 0.2) is 23.3 Å². The lowest BCUT2D eigenvalue weighted by Crippen LogP contribution is -2.21. The summed E-state index contributed by atoms with van der Waals surface area (Å²) >= 11 is 0. The molecule has 4 rings (SSSR count). The lowest BCUT2D eigenvalue weighted by Gasteiger charge is -2.21. The van der Waals surface area contributed by atoms with Crippen LogP contribution in [-0.2, 0) is 11.3 Å². The Morgan fingerprint density at radius 1 is 1.30 bits per heavy atom. The van der Waals surface area contributed by atoms with Crippen LogP contribution in [0.3, 0.4) is 0 Å². The van der Waals surface area contributed by atoms with Crippen molar-refractivity contribution in [3.05, 3.63) is 28.8 Å². The molecule has 3 N–H and O–H groups in total. The van der Waals surface area contributed by atoms with Crippen molar-refractivity contribution in [3.63, 3.8) is 0 Å². The molecule has 9 heteroatoms. The third-order valence-corrected chi connectivity index (χ3v) is 3.98. The third kappa shape index (κ3) is 2.95. The zero-order valence-corrected chi connectivity index (χ0v) is 12.5. The molecule has 1 aliphatic rings. The van der Waals surface area contributed by atoms with E-state index in [1.807, 2.05) is 4.68 Å². The number of fused-ring (bicyclic) bond motifs is 1. The second kappa shape index (κ2) is 5.84. The lowest BCUT2D eigenvalue weighted by molar-refractivity contribution is 0.0605. The van der Waals surface area contributed by atoms with Crippen LogP contribution in [0.2, 0.25) is 0 Å². The van der Waals surface area contributed by atoms with Crippen molar-refractivity contribution in [2.75, 3.05) is 18.5 Å². The number of ether oxygens (including phenoxy) is 1. The fraction of sp³-hybridized carbons (Fsp3) is 0.429. The first-order chi connectivity index (χ1) is 11.3. The molecule has 0 unspecified atom stereocenters. The van der Waals surface area contributed by atoms with Gasteiger partial charge in [-0.3, -0.25) is 15.0 Å². The van der Waals surface area contributed by atoms with Crippen LogP contribution in [0.5, 0.6) is 0 Å². The maximum atomic E-state index is 11.1. The number of aromatic amines is 2. The largest absolute Gasteiger partial charge is 0.381 e. The minimum absolute atomic E-state index is 0.203. The highest BCUT2D eigenvalue weighted by Gasteiger charge is 2.17. The average Bonchev–Trinajstić information content (AvgIpc) is 3.15. The third-order valence-electron chi connectivity index (χ3n) is 3.98. The Kier molecular flexibility index (Phi) is 3.54. The van der Waals surface area contributed by atoms with E-state index in [1.165, 1.54) is 6.07 Å². The van der Waals surface area contributed by atoms with Gasteiger partial charge >= 0.3 is 0 Å². The molecule has 0 aromatic carbocycles. The summed E-state index contributed by atoms with van der Waals surface area (Å²) in [4.78, 5) is 20.1. The highest BCUT2D eigenvalue weighted by Crippen LogP contribution is 2.20. The summed E-state index contributed by atoms with van der Waals surface area (Å²) in [6.07, 6.45) is 5.42. The van der Waals surface area contributed by atoms with Gasteiger partial charge in [-0.25, -0.2) is 14.6 Å². The molecule has 0 spiro atoms. The van der Waals surface area contributed by atoms with Crippen LogP contribution >= 0.6 is 0 Å². The topological polar surface area (TPSA) is 114 Å². The van der Waals surface area contributed by atoms with E-state index in [0.717, 1.165) is 43.8 Å². The standard InChI is InChI=1S/C14H17N7O2/c22-13-5-11(19-20-13)17-12-7-15-10-6-16-21(14(10)18-12)8-9-1-3-23-4-2-9/h5-7,9H,1-4,8H2,(H3,17,18,19,20,22). The zero-order chi connectivity index (χ0) is 15.6. The van der Waals surface area contributed by atoms with Crippen molar-refractivity contribution in [1.82, 2.24) is 29.9 Å². The Bertz CT molecular complexity index is 859. The molecule has 3 aromatic rings. The number of nitrogens with one attached hydrogen (secondary N) is 3. The number of hydrogen-bond donors (Lipinski definition) is 3. The summed E-state index contributed by atoms with van der Waals surface area (Å²) in [7, 11) is 0. The van der Waals surface area contributed by atoms with Crippen LogP contribution in [0.4, 0.5) is 11.6 Å². The second-order valence-corrected chi connectivity index (χ2v) is 5.64. The van der Waals surface area contributed by atoms with Crippen molar-refractivity contribution in [1.29, 1.82) is 0 Å². The number of anilines is 2. The van der Waals surface area contributed by atoms with E-state index in [9.17, 15) is 4.79 Å². The number of hydrogen-bond acceptors (Lipinski definition) is 6. The van der Waals surface area contributed by atoms with E-state index < -0.39 is 0 Å². The molecule has 1 fully saturated rings. The SMILES string of the molecule is O=c1cc(Nc2cnc3cnn(CC4CCOCC4)c3n2)[nH][nH]1. The summed E-state index contributed by atoms with van der Waals surface area (Å²) in [6.45, 7) is 2.43. The summed E-state index contributed by atoms with van der Waals surface area (Å²) in [6, 6.07) is 1.42. The number of rotatable bonds is 4. The molecule has 0 amide bonds. The molecular formula is C14H17N7O2. The van der Waals surface area contributed by atoms with Crippen molar-refractivity contribution in [2.24, 2.45) is 5.92 Å². The highest BCUT2D eigenvalue weighted by atomic mass is 16.5. The van der Waals surface area contributed by atoms with E-state index in [4.69, 9.17) is 4.74 Å². The van der Waals surface area contributed by atoms with Gasteiger partial charge in [0, 0.05) is 25.8 Å². The molecule has 1 aliphatic heterocycles. The van der Waals surface area contributed by atoms with Crippen LogP contribution in [0.25, 0.3) is 11.2 Å². The fourth-order valence-electron chi connectivity index (χ4n) is 2.75. The zero-order valence-electron chi connectivity index (χ0n) is 12.5. The van der Waals surface area contributed by atoms with Crippen molar-refractivity contribution in [3.8, 4) is 0 Å². The summed E-state index contributed by atoms with van der Waals surface area (Å²) in [5, 5.41) is 12.6. The van der Waals surface area contributed by atoms with Crippen molar-refractivity contribution in [2.45, 2.75) is 19.4 Å². The van der Waals surface area contributed by atoms with Crippen LogP contribution in [0, 0.1) is 5.92 Å². The minimum atomic E-state index is -0.203. The molecule has 120 valence electrons. The lowest BCUT2D eigenvalue weighted by atomic mass is 10.0. The number of aromatic nitrogens is 6. The van der Waals surface area contributed by atoms with E-state index in [-0.39, 0.29) is 5.56 Å². The van der Waals surface area contributed by atoms with E-state index in [1.54, 1.807) is 12.4 Å². The molecule has 0 atom stereocenters. The Morgan fingerprint density at radius 2 is 2.17 bits per heavy atom. The summed E-state index contributed by atoms with van der Waals surface area (Å²) < 4.78 is 7.29. The van der Waals surface area contributed by atoms with Gasteiger partial charge in [-0.15, -0.1) is 0 Å². The smallest absolute Gasteiger partial charge is 0.266 e.